The van der Waals surface area contributed by atoms with Crippen molar-refractivity contribution in [2.45, 2.75) is 41.2 Å². The third kappa shape index (κ3) is 5.84. The second-order valence-electron chi connectivity index (χ2n) is 6.93. The number of aromatic nitrogens is 3. The Morgan fingerprint density at radius 3 is 2.60 bits per heavy atom. The molecule has 0 atom stereocenters. The summed E-state index contributed by atoms with van der Waals surface area (Å²) >= 11 is 0. The van der Waals surface area contributed by atoms with Gasteiger partial charge in [0.2, 0.25) is 5.91 Å². The molecule has 0 saturated heterocycles. The summed E-state index contributed by atoms with van der Waals surface area (Å²) in [5.41, 5.74) is 4.66. The summed E-state index contributed by atoms with van der Waals surface area (Å²) in [4.78, 5) is 28.6. The monoisotopic (exact) mass is 407 g/mol. The van der Waals surface area contributed by atoms with Crippen LogP contribution in [0.5, 0.6) is 0 Å². The topological polar surface area (TPSA) is 88.9 Å². The van der Waals surface area contributed by atoms with Gasteiger partial charge in [-0.2, -0.15) is 5.10 Å². The smallest absolute Gasteiger partial charge is 0.238 e. The van der Waals surface area contributed by atoms with Crippen LogP contribution in [0.15, 0.2) is 48.9 Å². The quantitative estimate of drug-likeness (QED) is 0.556. The van der Waals surface area contributed by atoms with Gasteiger partial charge in [-0.1, -0.05) is 44.2 Å². The van der Waals surface area contributed by atoms with E-state index in [-0.39, 0.29) is 31.4 Å². The Bertz CT molecular complexity index is 1030. The minimum atomic E-state index is -0.242. The van der Waals surface area contributed by atoms with Gasteiger partial charge < -0.3 is 10.6 Å². The van der Waals surface area contributed by atoms with Crippen LogP contribution in [0.2, 0.25) is 0 Å². The second kappa shape index (κ2) is 10.5. The molecule has 3 rings (SSSR count). The average molecular weight is 408 g/mol. The third-order valence-electron chi connectivity index (χ3n) is 4.49. The maximum Gasteiger partial charge on any atom is 0.238 e. The van der Waals surface area contributed by atoms with Crippen molar-refractivity contribution in [3.05, 3.63) is 71.3 Å². The van der Waals surface area contributed by atoms with E-state index in [1.54, 1.807) is 23.1 Å². The van der Waals surface area contributed by atoms with Gasteiger partial charge in [-0.3, -0.25) is 9.59 Å². The van der Waals surface area contributed by atoms with E-state index in [1.807, 2.05) is 38.2 Å². The van der Waals surface area contributed by atoms with Crippen molar-refractivity contribution in [1.82, 2.24) is 20.1 Å². The van der Waals surface area contributed by atoms with Crippen LogP contribution in [-0.4, -0.2) is 33.0 Å². The molecular weight excluding hydrogens is 378 g/mol. The standard InChI is InChI=1S/C22H25N5O2.CH4/c1-4-17-11-25-27(14-17)19-9-20(22(16(3)28)24-12-19)26-21(29)13-23-10-18-7-5-6-15(2)8-18;/h5-9,11-12,14,23H,4,10,13H2,1-3H3,(H,26,29);1H4. The Balaban J connectivity index is 0.00000320. The van der Waals surface area contributed by atoms with Crippen molar-refractivity contribution in [2.75, 3.05) is 11.9 Å². The van der Waals surface area contributed by atoms with Gasteiger partial charge in [0, 0.05) is 19.7 Å². The molecule has 0 aliphatic carbocycles. The van der Waals surface area contributed by atoms with Crippen LogP contribution in [0.3, 0.4) is 0 Å². The number of aryl methyl sites for hydroxylation is 2. The van der Waals surface area contributed by atoms with E-state index in [4.69, 9.17) is 0 Å². The van der Waals surface area contributed by atoms with Crippen molar-refractivity contribution in [1.29, 1.82) is 0 Å². The summed E-state index contributed by atoms with van der Waals surface area (Å²) in [6, 6.07) is 9.81. The molecule has 0 saturated carbocycles. The Morgan fingerprint density at radius 1 is 1.13 bits per heavy atom. The number of ketones is 1. The lowest BCUT2D eigenvalue weighted by atomic mass is 10.1. The summed E-state index contributed by atoms with van der Waals surface area (Å²) in [6.07, 6.45) is 6.13. The zero-order valence-electron chi connectivity index (χ0n) is 16.9. The summed E-state index contributed by atoms with van der Waals surface area (Å²) in [7, 11) is 0. The highest BCUT2D eigenvalue weighted by atomic mass is 16.2. The first-order valence-corrected chi connectivity index (χ1v) is 9.57. The van der Waals surface area contributed by atoms with Crippen molar-refractivity contribution < 1.29 is 9.59 Å². The SMILES string of the molecule is C.CCc1cnn(-c2cnc(C(C)=O)c(NC(=O)CNCc3cccc(C)c3)c2)c1. The first-order valence-electron chi connectivity index (χ1n) is 9.57. The molecule has 0 fully saturated rings. The first-order chi connectivity index (χ1) is 14.0. The summed E-state index contributed by atoms with van der Waals surface area (Å²) in [6.45, 7) is 6.21. The Labute approximate surface area is 177 Å². The summed E-state index contributed by atoms with van der Waals surface area (Å²) in [5.74, 6) is -0.455. The fourth-order valence-electron chi connectivity index (χ4n) is 2.98. The molecule has 2 N–H and O–H groups in total. The van der Waals surface area contributed by atoms with E-state index in [9.17, 15) is 9.59 Å². The lowest BCUT2D eigenvalue weighted by Crippen LogP contribution is -2.28. The molecule has 0 spiro atoms. The molecule has 0 aliphatic rings. The first kappa shape index (κ1) is 23.0. The van der Waals surface area contributed by atoms with Gasteiger partial charge >= 0.3 is 0 Å². The van der Waals surface area contributed by atoms with Gasteiger partial charge in [0.05, 0.1) is 30.3 Å². The highest BCUT2D eigenvalue weighted by Gasteiger charge is 2.14. The molecule has 2 heterocycles. The van der Waals surface area contributed by atoms with Crippen LogP contribution < -0.4 is 10.6 Å². The number of nitrogens with zero attached hydrogens (tertiary/aromatic N) is 3. The van der Waals surface area contributed by atoms with E-state index in [0.29, 0.717) is 17.9 Å². The molecule has 0 aliphatic heterocycles. The number of Topliss-reactive ketones (excluding diaryl/α,β-unsaturated/α-hetero) is 1. The predicted molar refractivity (Wildman–Crippen MR) is 119 cm³/mol. The van der Waals surface area contributed by atoms with Crippen LogP contribution in [0, 0.1) is 6.92 Å². The molecule has 3 aromatic rings. The van der Waals surface area contributed by atoms with E-state index in [2.05, 4.69) is 26.8 Å². The molecule has 2 aromatic heterocycles. The Hall–Kier alpha value is -3.32. The van der Waals surface area contributed by atoms with Gasteiger partial charge in [-0.15, -0.1) is 0 Å². The molecule has 0 radical (unpaired) electrons. The minimum absolute atomic E-state index is 0. The van der Waals surface area contributed by atoms with Crippen LogP contribution in [0.25, 0.3) is 5.69 Å². The molecule has 0 bridgehead atoms. The van der Waals surface area contributed by atoms with Crippen molar-refractivity contribution in [3.8, 4) is 5.69 Å². The van der Waals surface area contributed by atoms with E-state index >= 15 is 0 Å². The van der Waals surface area contributed by atoms with E-state index in [1.165, 1.54) is 12.5 Å². The van der Waals surface area contributed by atoms with E-state index in [0.717, 1.165) is 17.5 Å². The van der Waals surface area contributed by atoms with Gasteiger partial charge in [0.1, 0.15) is 5.69 Å². The average Bonchev–Trinajstić information content (AvgIpc) is 3.17. The number of pyridine rings is 1. The number of nitrogens with one attached hydrogen (secondary N) is 2. The van der Waals surface area contributed by atoms with Crippen LogP contribution in [0.4, 0.5) is 5.69 Å². The minimum Gasteiger partial charge on any atom is -0.323 e. The number of rotatable bonds is 8. The van der Waals surface area contributed by atoms with Crippen molar-refractivity contribution in [2.24, 2.45) is 0 Å². The fourth-order valence-corrected chi connectivity index (χ4v) is 2.98. The summed E-state index contributed by atoms with van der Waals surface area (Å²) < 4.78 is 1.68. The van der Waals surface area contributed by atoms with Gasteiger partial charge in [-0.25, -0.2) is 9.67 Å². The Kier molecular flexibility index (Phi) is 8.00. The molecule has 1 aromatic carbocycles. The second-order valence-corrected chi connectivity index (χ2v) is 6.93. The van der Waals surface area contributed by atoms with Crippen LogP contribution in [-0.2, 0) is 17.8 Å². The zero-order valence-corrected chi connectivity index (χ0v) is 16.9. The molecule has 1 amide bonds. The highest BCUT2D eigenvalue weighted by molar-refractivity contribution is 6.02. The molecule has 158 valence electrons. The normalized spacial score (nSPS) is 10.4. The van der Waals surface area contributed by atoms with Crippen molar-refractivity contribution >= 4 is 17.4 Å². The number of carbonyl (C=O) groups excluding carboxylic acids is 2. The van der Waals surface area contributed by atoms with E-state index < -0.39 is 0 Å². The highest BCUT2D eigenvalue weighted by Crippen LogP contribution is 2.19. The fraction of sp³-hybridized carbons (Fsp3) is 0.304. The number of hydrogen-bond donors (Lipinski definition) is 2. The number of hydrogen-bond acceptors (Lipinski definition) is 5. The maximum atomic E-state index is 12.4. The lowest BCUT2D eigenvalue weighted by Gasteiger charge is -2.11. The number of carbonyl (C=O) groups is 2. The number of benzene rings is 1. The van der Waals surface area contributed by atoms with Crippen molar-refractivity contribution in [3.63, 3.8) is 0 Å². The zero-order chi connectivity index (χ0) is 20.8. The summed E-state index contributed by atoms with van der Waals surface area (Å²) in [5, 5.41) is 10.2. The molecule has 7 nitrogen and oxygen atoms in total. The molecular formula is C23H29N5O2. The third-order valence-corrected chi connectivity index (χ3v) is 4.49. The van der Waals surface area contributed by atoms with Gasteiger partial charge in [-0.05, 0) is 30.5 Å². The Morgan fingerprint density at radius 2 is 1.93 bits per heavy atom. The maximum absolute atomic E-state index is 12.4. The lowest BCUT2D eigenvalue weighted by molar-refractivity contribution is -0.115. The van der Waals surface area contributed by atoms with Crippen LogP contribution in [0.1, 0.15) is 48.5 Å². The van der Waals surface area contributed by atoms with Crippen LogP contribution >= 0.6 is 0 Å². The van der Waals surface area contributed by atoms with Gasteiger partial charge in [0.15, 0.2) is 5.78 Å². The largest absolute Gasteiger partial charge is 0.323 e. The molecule has 30 heavy (non-hydrogen) atoms. The molecule has 7 heteroatoms. The number of amides is 1. The molecule has 0 unspecified atom stereocenters. The number of anilines is 1. The van der Waals surface area contributed by atoms with Gasteiger partial charge in [0.25, 0.3) is 0 Å². The predicted octanol–water partition coefficient (Wildman–Crippen LogP) is 3.71.